The zero-order chi connectivity index (χ0) is 42.3. The molecule has 11 rings (SSSR count). The second-order valence-electron chi connectivity index (χ2n) is 15.9. The van der Waals surface area contributed by atoms with E-state index in [9.17, 15) is 0 Å². The van der Waals surface area contributed by atoms with Gasteiger partial charge in [0.15, 0.2) is 0 Å². The van der Waals surface area contributed by atoms with E-state index >= 15 is 0 Å². The van der Waals surface area contributed by atoms with Gasteiger partial charge in [-0.1, -0.05) is 123 Å². The Morgan fingerprint density at radius 2 is 1.28 bits per heavy atom. The smallest absolute Gasteiger partial charge is 0.242 e. The Bertz CT molecular complexity index is 3540. The Morgan fingerprint density at radius 3 is 2.08 bits per heavy atom. The molecule has 0 N–H and O–H groups in total. The van der Waals surface area contributed by atoms with Gasteiger partial charge in [0.2, 0.25) is 6.33 Å². The zero-order valence-corrected chi connectivity index (χ0v) is 35.3. The fourth-order valence-corrected chi connectivity index (χ4v) is 8.56. The number of aryl methyl sites for hydroxylation is 1. The SMILES string of the molecule is [2H]C([2H])([2H])[n+]1[c-]n(-c2[c-]c(Oc3[c-]c4c(cc3)c3ccccc3n4-c3cc(C(C)(C)C)ccn3)ccc2)c2cccc(-c3cccc4c5ccccc5n(-c5ccccc5)c34)c21.[Pt]. The molecule has 4 aromatic heterocycles. The summed E-state index contributed by atoms with van der Waals surface area (Å²) < 4.78 is 40.2. The molecule has 0 atom stereocenters. The summed E-state index contributed by atoms with van der Waals surface area (Å²) in [6.45, 7) is 4.05. The van der Waals surface area contributed by atoms with E-state index in [1.54, 1.807) is 4.57 Å². The summed E-state index contributed by atoms with van der Waals surface area (Å²) in [6.07, 6.45) is 5.07. The maximum atomic E-state index is 8.74. The molecule has 6 nitrogen and oxygen atoms in total. The van der Waals surface area contributed by atoms with Gasteiger partial charge in [-0.05, 0) is 58.3 Å². The predicted octanol–water partition coefficient (Wildman–Crippen LogP) is 12.2. The topological polar surface area (TPSA) is 40.8 Å². The standard InChI is InChI=1S/C53H39N5O.Pt/c1-53(2,3)35-29-30-54-50(31-35)58-47-25-11-8-19-40(47)42-28-27-39(33-49(42)58)59-38-18-12-17-37(32-38)56-34-55(4)52-45(23-14-26-48(52)56)44-22-13-21-43-41-20-9-10-24-46(41)57(51(43)44)36-15-6-5-7-16-36;/h5-31H,1-4H3;/q-2;/i4D3;. The van der Waals surface area contributed by atoms with E-state index in [0.717, 1.165) is 66.2 Å². The van der Waals surface area contributed by atoms with E-state index in [-0.39, 0.29) is 26.5 Å². The largest absolute Gasteiger partial charge is 0.510 e. The molecule has 0 spiro atoms. The van der Waals surface area contributed by atoms with Crippen LogP contribution in [-0.4, -0.2) is 18.7 Å². The Morgan fingerprint density at radius 1 is 0.617 bits per heavy atom. The minimum Gasteiger partial charge on any atom is -0.510 e. The summed E-state index contributed by atoms with van der Waals surface area (Å²) in [5, 5.41) is 4.32. The molecule has 294 valence electrons. The van der Waals surface area contributed by atoms with Gasteiger partial charge >= 0.3 is 0 Å². The van der Waals surface area contributed by atoms with Crippen LogP contribution in [0, 0.1) is 18.5 Å². The van der Waals surface area contributed by atoms with Crippen molar-refractivity contribution in [1.82, 2.24) is 18.7 Å². The van der Waals surface area contributed by atoms with Gasteiger partial charge in [0.25, 0.3) is 0 Å². The molecular weight excluding hydrogens is 918 g/mol. The van der Waals surface area contributed by atoms with Gasteiger partial charge < -0.3 is 23.0 Å². The minimum absolute atomic E-state index is 0. The number of pyridine rings is 1. The molecule has 7 aromatic carbocycles. The number of hydrogen-bond donors (Lipinski definition) is 0. The maximum Gasteiger partial charge on any atom is 0.242 e. The van der Waals surface area contributed by atoms with Gasteiger partial charge in [0, 0.05) is 66.3 Å². The second kappa shape index (κ2) is 14.5. The van der Waals surface area contributed by atoms with Gasteiger partial charge in [-0.15, -0.1) is 29.7 Å². The van der Waals surface area contributed by atoms with E-state index in [0.29, 0.717) is 28.2 Å². The number of aromatic nitrogens is 5. The van der Waals surface area contributed by atoms with Crippen molar-refractivity contribution in [2.45, 2.75) is 26.2 Å². The number of nitrogens with zero attached hydrogens (tertiary/aromatic N) is 5. The first kappa shape index (κ1) is 34.1. The van der Waals surface area contributed by atoms with E-state index < -0.39 is 6.98 Å². The normalized spacial score (nSPS) is 12.8. The molecule has 0 unspecified atom stereocenters. The molecule has 0 bridgehead atoms. The van der Waals surface area contributed by atoms with Gasteiger partial charge in [-0.3, -0.25) is 0 Å². The Hall–Kier alpha value is -6.75. The first-order valence-electron chi connectivity index (χ1n) is 21.2. The summed E-state index contributed by atoms with van der Waals surface area (Å²) in [4.78, 5) is 4.81. The second-order valence-corrected chi connectivity index (χ2v) is 15.9. The van der Waals surface area contributed by atoms with E-state index in [1.807, 2.05) is 91.1 Å². The van der Waals surface area contributed by atoms with Crippen LogP contribution in [0.15, 0.2) is 164 Å². The predicted molar refractivity (Wildman–Crippen MR) is 238 cm³/mol. The van der Waals surface area contributed by atoms with Crippen LogP contribution in [0.2, 0.25) is 0 Å². The fourth-order valence-electron chi connectivity index (χ4n) is 8.56. The number of hydrogen-bond acceptors (Lipinski definition) is 2. The Kier molecular flexibility index (Phi) is 8.26. The molecule has 0 aliphatic rings. The third-order valence-corrected chi connectivity index (χ3v) is 11.3. The summed E-state index contributed by atoms with van der Waals surface area (Å²) in [7, 11) is 0. The van der Waals surface area contributed by atoms with Crippen LogP contribution in [-0.2, 0) is 33.5 Å². The molecule has 0 aliphatic carbocycles. The van der Waals surface area contributed by atoms with Crippen LogP contribution >= 0.6 is 0 Å². The fraction of sp³-hybridized carbons (Fsp3) is 0.0943. The molecular formula is C53H39N5OPt-2. The van der Waals surface area contributed by atoms with E-state index in [1.165, 1.54) is 10.1 Å². The summed E-state index contributed by atoms with van der Waals surface area (Å²) in [5.41, 5.74) is 9.50. The third-order valence-electron chi connectivity index (χ3n) is 11.3. The van der Waals surface area contributed by atoms with Crippen LogP contribution in [0.25, 0.3) is 83.0 Å². The number of fused-ring (bicyclic) bond motifs is 7. The van der Waals surface area contributed by atoms with Crippen molar-refractivity contribution in [2.75, 3.05) is 0 Å². The quantitative estimate of drug-likeness (QED) is 0.123. The molecule has 0 aliphatic heterocycles. The van der Waals surface area contributed by atoms with Crippen LogP contribution in [0.5, 0.6) is 11.5 Å². The van der Waals surface area contributed by atoms with Crippen molar-refractivity contribution in [3.05, 3.63) is 188 Å². The van der Waals surface area contributed by atoms with Crippen LogP contribution < -0.4 is 9.30 Å². The third kappa shape index (κ3) is 6.05. The molecule has 0 saturated heterocycles. The number of para-hydroxylation sites is 5. The molecule has 0 saturated carbocycles. The van der Waals surface area contributed by atoms with Crippen LogP contribution in [0.4, 0.5) is 0 Å². The maximum absolute atomic E-state index is 8.74. The number of ether oxygens (including phenoxy) is 1. The molecule has 0 amide bonds. The van der Waals surface area contributed by atoms with Crippen molar-refractivity contribution >= 4 is 54.6 Å². The summed E-state index contributed by atoms with van der Waals surface area (Å²) in [6, 6.07) is 59.8. The molecule has 7 heteroatoms. The molecule has 11 aromatic rings. The van der Waals surface area contributed by atoms with E-state index in [2.05, 4.69) is 121 Å². The zero-order valence-electron chi connectivity index (χ0n) is 36.0. The average Bonchev–Trinajstić information content (AvgIpc) is 3.95. The van der Waals surface area contributed by atoms with Gasteiger partial charge in [-0.2, -0.15) is 18.2 Å². The van der Waals surface area contributed by atoms with Crippen molar-refractivity contribution in [3.63, 3.8) is 0 Å². The first-order valence-corrected chi connectivity index (χ1v) is 19.7. The van der Waals surface area contributed by atoms with Crippen molar-refractivity contribution in [2.24, 2.45) is 6.98 Å². The average molecular weight is 960 g/mol. The van der Waals surface area contributed by atoms with Gasteiger partial charge in [0.05, 0.1) is 33.2 Å². The monoisotopic (exact) mass is 959 g/mol. The Balaban J connectivity index is 0.00000471. The number of benzene rings is 7. The Labute approximate surface area is 367 Å². The van der Waals surface area contributed by atoms with Crippen molar-refractivity contribution in [1.29, 1.82) is 0 Å². The molecule has 4 heterocycles. The van der Waals surface area contributed by atoms with Crippen molar-refractivity contribution < 1.29 is 34.5 Å². The van der Waals surface area contributed by atoms with Gasteiger partial charge in [0.1, 0.15) is 5.82 Å². The first-order chi connectivity index (χ1) is 30.0. The molecule has 60 heavy (non-hydrogen) atoms. The molecule has 0 fully saturated rings. The van der Waals surface area contributed by atoms with Crippen molar-refractivity contribution in [3.8, 4) is 39.8 Å². The number of imidazole rings is 1. The summed E-state index contributed by atoms with van der Waals surface area (Å²) >= 11 is 0. The molecule has 0 radical (unpaired) electrons. The number of rotatable bonds is 6. The van der Waals surface area contributed by atoms with Crippen LogP contribution in [0.3, 0.4) is 0 Å². The summed E-state index contributed by atoms with van der Waals surface area (Å²) in [5.74, 6) is 1.75. The van der Waals surface area contributed by atoms with E-state index in [4.69, 9.17) is 13.8 Å². The van der Waals surface area contributed by atoms with Gasteiger partial charge in [-0.25, -0.2) is 4.98 Å². The van der Waals surface area contributed by atoms with Crippen LogP contribution in [0.1, 0.15) is 30.4 Å². The minimum atomic E-state index is -2.54.